The van der Waals surface area contributed by atoms with E-state index >= 15 is 0 Å². The Bertz CT molecular complexity index is 401. The average molecular weight is 297 g/mol. The van der Waals surface area contributed by atoms with Gasteiger partial charge in [-0.3, -0.25) is 0 Å². The zero-order valence-corrected chi connectivity index (χ0v) is 12.9. The molecule has 0 aromatic carbocycles. The van der Waals surface area contributed by atoms with Crippen molar-refractivity contribution >= 4 is 18.2 Å². The number of hydrogen-bond donors (Lipinski definition) is 1. The van der Waals surface area contributed by atoms with Crippen LogP contribution in [0.4, 0.5) is 5.82 Å². The van der Waals surface area contributed by atoms with Crippen molar-refractivity contribution in [3.63, 3.8) is 0 Å². The number of aromatic nitrogens is 2. The molecule has 2 aliphatic heterocycles. The number of rotatable bonds is 4. The van der Waals surface area contributed by atoms with Gasteiger partial charge >= 0.3 is 0 Å². The quantitative estimate of drug-likeness (QED) is 0.927. The van der Waals surface area contributed by atoms with Crippen LogP contribution in [0.3, 0.4) is 0 Å². The summed E-state index contributed by atoms with van der Waals surface area (Å²) in [6, 6.07) is 2.88. The highest BCUT2D eigenvalue weighted by molar-refractivity contribution is 5.85. The van der Waals surface area contributed by atoms with Crippen molar-refractivity contribution in [2.24, 2.45) is 0 Å². The summed E-state index contributed by atoms with van der Waals surface area (Å²) in [7, 11) is 0. The molecule has 0 amide bonds. The summed E-state index contributed by atoms with van der Waals surface area (Å²) < 4.78 is 0. The van der Waals surface area contributed by atoms with Crippen molar-refractivity contribution in [1.82, 2.24) is 15.3 Å². The second kappa shape index (κ2) is 7.79. The fraction of sp³-hybridized carbons (Fsp3) is 0.733. The van der Waals surface area contributed by atoms with Crippen molar-refractivity contribution in [2.45, 2.75) is 51.0 Å². The third kappa shape index (κ3) is 4.06. The summed E-state index contributed by atoms with van der Waals surface area (Å²) in [4.78, 5) is 11.2. The van der Waals surface area contributed by atoms with Crippen LogP contribution in [0.15, 0.2) is 12.4 Å². The molecular weight excluding hydrogens is 272 g/mol. The van der Waals surface area contributed by atoms with E-state index in [0.29, 0.717) is 6.04 Å². The molecule has 2 saturated heterocycles. The highest BCUT2D eigenvalue weighted by Gasteiger charge is 2.15. The molecule has 1 atom stereocenters. The monoisotopic (exact) mass is 296 g/mol. The zero-order chi connectivity index (χ0) is 12.9. The summed E-state index contributed by atoms with van der Waals surface area (Å²) in [5.41, 5.74) is 1.20. The lowest BCUT2D eigenvalue weighted by Gasteiger charge is -2.23. The van der Waals surface area contributed by atoms with E-state index in [4.69, 9.17) is 0 Å². The van der Waals surface area contributed by atoms with E-state index in [9.17, 15) is 0 Å². The summed E-state index contributed by atoms with van der Waals surface area (Å²) in [5, 5.41) is 3.61. The average Bonchev–Trinajstić information content (AvgIpc) is 3.01. The number of nitrogens with one attached hydrogen (secondary N) is 1. The van der Waals surface area contributed by atoms with Crippen molar-refractivity contribution in [1.29, 1.82) is 0 Å². The molecular formula is C15H25ClN4. The minimum absolute atomic E-state index is 0. The SMILES string of the molecule is Cl.c1nc(CCC2CCCCN2)cc(N2CCCC2)n1. The molecule has 0 spiro atoms. The van der Waals surface area contributed by atoms with Gasteiger partial charge in [0.25, 0.3) is 0 Å². The maximum atomic E-state index is 4.43. The van der Waals surface area contributed by atoms with Crippen LogP contribution in [0, 0.1) is 0 Å². The van der Waals surface area contributed by atoms with Crippen molar-refractivity contribution in [3.8, 4) is 0 Å². The van der Waals surface area contributed by atoms with E-state index < -0.39 is 0 Å². The van der Waals surface area contributed by atoms with Crippen molar-refractivity contribution in [2.75, 3.05) is 24.5 Å². The maximum Gasteiger partial charge on any atom is 0.132 e. The highest BCUT2D eigenvalue weighted by Crippen LogP contribution is 2.19. The van der Waals surface area contributed by atoms with Gasteiger partial charge in [-0.2, -0.15) is 0 Å². The molecule has 0 radical (unpaired) electrons. The number of hydrogen-bond acceptors (Lipinski definition) is 4. The largest absolute Gasteiger partial charge is 0.357 e. The Balaban J connectivity index is 0.00000147. The van der Waals surface area contributed by atoms with Crippen LogP contribution in [0.1, 0.15) is 44.2 Å². The van der Waals surface area contributed by atoms with Gasteiger partial charge in [0.2, 0.25) is 0 Å². The molecule has 5 heteroatoms. The second-order valence-corrected chi connectivity index (χ2v) is 5.75. The molecule has 3 heterocycles. The molecule has 0 saturated carbocycles. The van der Waals surface area contributed by atoms with Gasteiger partial charge in [-0.25, -0.2) is 9.97 Å². The minimum Gasteiger partial charge on any atom is -0.357 e. The Morgan fingerprint density at radius 3 is 2.75 bits per heavy atom. The van der Waals surface area contributed by atoms with Gasteiger partial charge in [0.05, 0.1) is 0 Å². The predicted octanol–water partition coefficient (Wildman–Crippen LogP) is 2.57. The van der Waals surface area contributed by atoms with Gasteiger partial charge in [-0.05, 0) is 45.1 Å². The van der Waals surface area contributed by atoms with Gasteiger partial charge in [0.15, 0.2) is 0 Å². The molecule has 1 N–H and O–H groups in total. The molecule has 20 heavy (non-hydrogen) atoms. The molecule has 3 rings (SSSR count). The summed E-state index contributed by atoms with van der Waals surface area (Å²) >= 11 is 0. The first-order valence-corrected chi connectivity index (χ1v) is 7.71. The maximum absolute atomic E-state index is 4.43. The van der Waals surface area contributed by atoms with E-state index in [2.05, 4.69) is 26.3 Å². The van der Waals surface area contributed by atoms with Gasteiger partial charge in [-0.15, -0.1) is 12.4 Å². The fourth-order valence-electron chi connectivity index (χ4n) is 3.13. The molecule has 1 aromatic rings. The first-order valence-electron chi connectivity index (χ1n) is 7.71. The Kier molecular flexibility index (Phi) is 6.05. The zero-order valence-electron chi connectivity index (χ0n) is 12.1. The normalized spacial score (nSPS) is 22.6. The second-order valence-electron chi connectivity index (χ2n) is 5.75. The lowest BCUT2D eigenvalue weighted by Crippen LogP contribution is -2.34. The highest BCUT2D eigenvalue weighted by atomic mass is 35.5. The van der Waals surface area contributed by atoms with Crippen LogP contribution in [0.25, 0.3) is 0 Å². The number of aryl methyl sites for hydroxylation is 1. The molecule has 0 aliphatic carbocycles. The Hall–Kier alpha value is -0.870. The van der Waals surface area contributed by atoms with E-state index in [1.165, 1.54) is 50.8 Å². The van der Waals surface area contributed by atoms with Crippen LogP contribution in [-0.4, -0.2) is 35.6 Å². The molecule has 1 aromatic heterocycles. The third-order valence-corrected chi connectivity index (χ3v) is 4.30. The summed E-state index contributed by atoms with van der Waals surface area (Å²) in [6.07, 6.45) is 10.6. The topological polar surface area (TPSA) is 41.1 Å². The molecule has 2 fully saturated rings. The predicted molar refractivity (Wildman–Crippen MR) is 84.7 cm³/mol. The third-order valence-electron chi connectivity index (χ3n) is 4.30. The standard InChI is InChI=1S/C15H24N4.ClH/c1-2-8-16-13(5-1)6-7-14-11-15(18-12-17-14)19-9-3-4-10-19;/h11-13,16H,1-10H2;1H. The van der Waals surface area contributed by atoms with E-state index in [-0.39, 0.29) is 12.4 Å². The first-order chi connectivity index (χ1) is 9.42. The van der Waals surface area contributed by atoms with E-state index in [1.807, 2.05) is 0 Å². The molecule has 2 aliphatic rings. The molecule has 0 bridgehead atoms. The number of piperidine rings is 1. The Morgan fingerprint density at radius 2 is 2.00 bits per heavy atom. The Labute approximate surface area is 127 Å². The van der Waals surface area contributed by atoms with Crippen LogP contribution in [0.2, 0.25) is 0 Å². The first kappa shape index (κ1) is 15.5. The van der Waals surface area contributed by atoms with E-state index in [1.54, 1.807) is 6.33 Å². The van der Waals surface area contributed by atoms with Crippen molar-refractivity contribution in [3.05, 3.63) is 18.1 Å². The van der Waals surface area contributed by atoms with Crippen molar-refractivity contribution < 1.29 is 0 Å². The van der Waals surface area contributed by atoms with Gasteiger partial charge < -0.3 is 10.2 Å². The lowest BCUT2D eigenvalue weighted by molar-refractivity contribution is 0.382. The van der Waals surface area contributed by atoms with Crippen LogP contribution in [-0.2, 0) is 6.42 Å². The minimum atomic E-state index is 0. The van der Waals surface area contributed by atoms with Crippen LogP contribution >= 0.6 is 12.4 Å². The van der Waals surface area contributed by atoms with E-state index in [0.717, 1.165) is 25.3 Å². The van der Waals surface area contributed by atoms with Gasteiger partial charge in [0, 0.05) is 30.9 Å². The van der Waals surface area contributed by atoms with Gasteiger partial charge in [0.1, 0.15) is 12.1 Å². The number of nitrogens with zero attached hydrogens (tertiary/aromatic N) is 3. The molecule has 4 nitrogen and oxygen atoms in total. The lowest BCUT2D eigenvalue weighted by atomic mass is 10.00. The Morgan fingerprint density at radius 1 is 1.15 bits per heavy atom. The smallest absolute Gasteiger partial charge is 0.132 e. The number of anilines is 1. The molecule has 112 valence electrons. The summed E-state index contributed by atoms with van der Waals surface area (Å²) in [6.45, 7) is 3.49. The van der Waals surface area contributed by atoms with Crippen LogP contribution in [0.5, 0.6) is 0 Å². The number of halogens is 1. The fourth-order valence-corrected chi connectivity index (χ4v) is 3.13. The molecule has 1 unspecified atom stereocenters. The summed E-state index contributed by atoms with van der Waals surface area (Å²) in [5.74, 6) is 1.12. The van der Waals surface area contributed by atoms with Crippen LogP contribution < -0.4 is 10.2 Å². The van der Waals surface area contributed by atoms with Gasteiger partial charge in [-0.1, -0.05) is 6.42 Å².